The van der Waals surface area contributed by atoms with E-state index in [-0.39, 0.29) is 6.42 Å². The molecule has 1 N–H and O–H groups in total. The molecule has 0 spiro atoms. The molecule has 1 aliphatic carbocycles. The molecule has 30 heavy (non-hydrogen) atoms. The number of carboxylic acid groups (broad SMARTS) is 1. The lowest BCUT2D eigenvalue weighted by molar-refractivity contribution is -0.143. The molecular formula is C24H20INO4. The summed E-state index contributed by atoms with van der Waals surface area (Å²) in [6.45, 7) is 0. The van der Waals surface area contributed by atoms with Gasteiger partial charge in [0.15, 0.2) is 0 Å². The van der Waals surface area contributed by atoms with Crippen molar-refractivity contribution >= 4 is 34.7 Å². The molecule has 5 nitrogen and oxygen atoms in total. The van der Waals surface area contributed by atoms with Gasteiger partial charge in [0, 0.05) is 9.99 Å². The van der Waals surface area contributed by atoms with Gasteiger partial charge in [0.25, 0.3) is 0 Å². The molecule has 4 rings (SSSR count). The van der Waals surface area contributed by atoms with Gasteiger partial charge in [-0.3, -0.25) is 4.90 Å². The molecule has 1 aliphatic rings. The SMILES string of the molecule is COC(=O)N(C1c2ccccc2-c2ccccc21)[C@@H](Cc1cccc(I)c1)C(=O)O. The summed E-state index contributed by atoms with van der Waals surface area (Å²) in [5.74, 6) is -1.07. The Morgan fingerprint density at radius 1 is 1.00 bits per heavy atom. The van der Waals surface area contributed by atoms with Gasteiger partial charge in [-0.25, -0.2) is 9.59 Å². The summed E-state index contributed by atoms with van der Waals surface area (Å²) in [4.78, 5) is 26.7. The zero-order valence-corrected chi connectivity index (χ0v) is 18.4. The number of amides is 1. The third-order valence-electron chi connectivity index (χ3n) is 5.40. The third-order valence-corrected chi connectivity index (χ3v) is 6.07. The molecule has 0 aliphatic heterocycles. The largest absolute Gasteiger partial charge is 0.480 e. The monoisotopic (exact) mass is 513 g/mol. The summed E-state index contributed by atoms with van der Waals surface area (Å²) in [6, 6.07) is 21.6. The second kappa shape index (κ2) is 8.47. The van der Waals surface area contributed by atoms with E-state index in [1.54, 1.807) is 0 Å². The Kier molecular flexibility index (Phi) is 5.76. The van der Waals surface area contributed by atoms with Crippen LogP contribution < -0.4 is 0 Å². The Balaban J connectivity index is 1.84. The maximum Gasteiger partial charge on any atom is 0.411 e. The van der Waals surface area contributed by atoms with Crippen molar-refractivity contribution in [2.45, 2.75) is 18.5 Å². The fourth-order valence-electron chi connectivity index (χ4n) is 4.14. The van der Waals surface area contributed by atoms with Crippen molar-refractivity contribution in [3.63, 3.8) is 0 Å². The molecule has 0 saturated carbocycles. The minimum atomic E-state index is -1.08. The van der Waals surface area contributed by atoms with E-state index in [4.69, 9.17) is 4.74 Å². The van der Waals surface area contributed by atoms with E-state index in [9.17, 15) is 14.7 Å². The van der Waals surface area contributed by atoms with Crippen molar-refractivity contribution in [3.8, 4) is 11.1 Å². The molecule has 1 atom stereocenters. The number of carbonyl (C=O) groups excluding carboxylic acids is 1. The highest BCUT2D eigenvalue weighted by Gasteiger charge is 2.42. The normalized spacial score (nSPS) is 13.3. The van der Waals surface area contributed by atoms with Crippen LogP contribution in [0, 0.1) is 3.57 Å². The van der Waals surface area contributed by atoms with Gasteiger partial charge in [0.1, 0.15) is 6.04 Å². The summed E-state index contributed by atoms with van der Waals surface area (Å²) in [5.41, 5.74) is 4.66. The van der Waals surface area contributed by atoms with Gasteiger partial charge >= 0.3 is 12.1 Å². The van der Waals surface area contributed by atoms with Crippen molar-refractivity contribution in [3.05, 3.63) is 93.1 Å². The Morgan fingerprint density at radius 3 is 2.13 bits per heavy atom. The molecule has 3 aromatic carbocycles. The maximum atomic E-state index is 13.0. The smallest absolute Gasteiger partial charge is 0.411 e. The molecular weight excluding hydrogens is 493 g/mol. The first-order valence-electron chi connectivity index (χ1n) is 9.53. The van der Waals surface area contributed by atoms with Gasteiger partial charge in [0.05, 0.1) is 13.2 Å². The number of fused-ring (bicyclic) bond motifs is 3. The lowest BCUT2D eigenvalue weighted by Crippen LogP contribution is -2.48. The zero-order chi connectivity index (χ0) is 21.3. The van der Waals surface area contributed by atoms with Gasteiger partial charge in [0.2, 0.25) is 0 Å². The maximum absolute atomic E-state index is 13.0. The number of carbonyl (C=O) groups is 2. The predicted molar refractivity (Wildman–Crippen MR) is 122 cm³/mol. The predicted octanol–water partition coefficient (Wildman–Crippen LogP) is 5.13. The summed E-state index contributed by atoms with van der Waals surface area (Å²) in [7, 11) is 1.28. The first kappa shape index (κ1) is 20.4. The van der Waals surface area contributed by atoms with Gasteiger partial charge in [-0.15, -0.1) is 0 Å². The number of hydrogen-bond donors (Lipinski definition) is 1. The van der Waals surface area contributed by atoms with Crippen molar-refractivity contribution in [1.82, 2.24) is 4.90 Å². The minimum Gasteiger partial charge on any atom is -0.480 e. The van der Waals surface area contributed by atoms with Crippen LogP contribution in [0.2, 0.25) is 0 Å². The number of ether oxygens (including phenoxy) is 1. The lowest BCUT2D eigenvalue weighted by Gasteiger charge is -2.34. The average Bonchev–Trinajstić information content (AvgIpc) is 3.08. The molecule has 1 amide bonds. The highest BCUT2D eigenvalue weighted by atomic mass is 127. The minimum absolute atomic E-state index is 0.183. The van der Waals surface area contributed by atoms with Gasteiger partial charge < -0.3 is 9.84 Å². The number of carboxylic acids is 1. The molecule has 6 heteroatoms. The Labute approximate surface area is 188 Å². The molecule has 3 aromatic rings. The molecule has 0 fully saturated rings. The van der Waals surface area contributed by atoms with E-state index in [0.29, 0.717) is 0 Å². The number of aliphatic carboxylic acids is 1. The topological polar surface area (TPSA) is 66.8 Å². The van der Waals surface area contributed by atoms with Crippen molar-refractivity contribution in [2.24, 2.45) is 0 Å². The van der Waals surface area contributed by atoms with E-state index >= 15 is 0 Å². The number of methoxy groups -OCH3 is 1. The van der Waals surface area contributed by atoms with Gasteiger partial charge in [-0.1, -0.05) is 60.7 Å². The van der Waals surface area contributed by atoms with E-state index in [1.165, 1.54) is 12.0 Å². The summed E-state index contributed by atoms with van der Waals surface area (Å²) in [6.07, 6.45) is -0.480. The lowest BCUT2D eigenvalue weighted by atomic mass is 9.98. The zero-order valence-electron chi connectivity index (χ0n) is 16.3. The molecule has 0 aromatic heterocycles. The van der Waals surface area contributed by atoms with Crippen LogP contribution in [-0.4, -0.2) is 35.2 Å². The van der Waals surface area contributed by atoms with Gasteiger partial charge in [-0.05, 0) is 62.5 Å². The number of rotatable bonds is 5. The number of hydrogen-bond acceptors (Lipinski definition) is 3. The van der Waals surface area contributed by atoms with Crippen LogP contribution in [0.15, 0.2) is 72.8 Å². The van der Waals surface area contributed by atoms with Crippen molar-refractivity contribution < 1.29 is 19.4 Å². The van der Waals surface area contributed by atoms with Gasteiger partial charge in [-0.2, -0.15) is 0 Å². The molecule has 152 valence electrons. The molecule has 0 heterocycles. The first-order chi connectivity index (χ1) is 14.5. The van der Waals surface area contributed by atoms with E-state index in [1.807, 2.05) is 72.8 Å². The highest BCUT2D eigenvalue weighted by Crippen LogP contribution is 2.47. The molecule has 0 radical (unpaired) electrons. The average molecular weight is 513 g/mol. The van der Waals surface area contributed by atoms with Crippen LogP contribution in [0.5, 0.6) is 0 Å². The summed E-state index contributed by atoms with van der Waals surface area (Å²) < 4.78 is 6.08. The highest BCUT2D eigenvalue weighted by molar-refractivity contribution is 14.1. The van der Waals surface area contributed by atoms with E-state index in [2.05, 4.69) is 22.6 Å². The number of nitrogens with zero attached hydrogens (tertiary/aromatic N) is 1. The Bertz CT molecular complexity index is 1070. The summed E-state index contributed by atoms with van der Waals surface area (Å²) in [5, 5.41) is 10.1. The van der Waals surface area contributed by atoms with E-state index < -0.39 is 24.1 Å². The van der Waals surface area contributed by atoms with Crippen LogP contribution in [0.4, 0.5) is 4.79 Å². The van der Waals surface area contributed by atoms with Crippen molar-refractivity contribution in [2.75, 3.05) is 7.11 Å². The van der Waals surface area contributed by atoms with Crippen LogP contribution in [0.3, 0.4) is 0 Å². The Morgan fingerprint density at radius 2 is 1.60 bits per heavy atom. The number of benzene rings is 3. The van der Waals surface area contributed by atoms with Crippen LogP contribution >= 0.6 is 22.6 Å². The number of halogens is 1. The van der Waals surface area contributed by atoms with E-state index in [0.717, 1.165) is 31.4 Å². The molecule has 0 saturated heterocycles. The van der Waals surface area contributed by atoms with Crippen molar-refractivity contribution in [1.29, 1.82) is 0 Å². The third kappa shape index (κ3) is 3.67. The van der Waals surface area contributed by atoms with Crippen LogP contribution in [-0.2, 0) is 16.0 Å². The molecule has 0 unspecified atom stereocenters. The Hall–Kier alpha value is -2.87. The fourth-order valence-corrected chi connectivity index (χ4v) is 4.75. The second-order valence-corrected chi connectivity index (χ2v) is 8.39. The van der Waals surface area contributed by atoms with Crippen LogP contribution in [0.1, 0.15) is 22.7 Å². The first-order valence-corrected chi connectivity index (χ1v) is 10.6. The van der Waals surface area contributed by atoms with Crippen LogP contribution in [0.25, 0.3) is 11.1 Å². The standard InChI is InChI=1S/C24H20INO4/c1-30-24(29)26(21(23(27)28)14-15-7-6-8-16(25)13-15)22-19-11-4-2-9-17(19)18-10-3-5-12-20(18)22/h2-13,21-22H,14H2,1H3,(H,27,28)/t21-/m0/s1. The fraction of sp³-hybridized carbons (Fsp3) is 0.167. The summed E-state index contributed by atoms with van der Waals surface area (Å²) >= 11 is 2.19. The quantitative estimate of drug-likeness (QED) is 0.481. The second-order valence-electron chi connectivity index (χ2n) is 7.14. The molecule has 0 bridgehead atoms.